The van der Waals surface area contributed by atoms with Crippen molar-refractivity contribution in [2.75, 3.05) is 30.4 Å². The molecule has 25 heavy (non-hydrogen) atoms. The van der Waals surface area contributed by atoms with E-state index in [9.17, 15) is 13.6 Å². The van der Waals surface area contributed by atoms with Crippen molar-refractivity contribution in [1.29, 1.82) is 0 Å². The van der Waals surface area contributed by atoms with Gasteiger partial charge in [-0.25, -0.2) is 18.7 Å². The Balaban J connectivity index is 1.85. The number of benzene rings is 1. The van der Waals surface area contributed by atoms with Crippen LogP contribution in [0.25, 0.3) is 0 Å². The van der Waals surface area contributed by atoms with E-state index in [0.717, 1.165) is 45.2 Å². The summed E-state index contributed by atoms with van der Waals surface area (Å²) in [6.07, 6.45) is 3.39. The van der Waals surface area contributed by atoms with E-state index in [4.69, 9.17) is 11.6 Å². The first kappa shape index (κ1) is 17.3. The van der Waals surface area contributed by atoms with E-state index in [0.29, 0.717) is 5.95 Å². The van der Waals surface area contributed by atoms with Crippen LogP contribution in [0.3, 0.4) is 0 Å². The molecule has 1 aliphatic rings. The molecule has 1 aromatic heterocycles. The average molecular weight is 369 g/mol. The second kappa shape index (κ2) is 7.18. The highest BCUT2D eigenvalue weighted by Gasteiger charge is 2.20. The van der Waals surface area contributed by atoms with Crippen molar-refractivity contribution in [2.45, 2.75) is 12.8 Å². The summed E-state index contributed by atoms with van der Waals surface area (Å²) in [4.78, 5) is 22.7. The number of amides is 1. The summed E-state index contributed by atoms with van der Waals surface area (Å²) in [5, 5.41) is 2.43. The van der Waals surface area contributed by atoms with Gasteiger partial charge in [0.05, 0.1) is 18.3 Å². The predicted octanol–water partition coefficient (Wildman–Crippen LogP) is 3.27. The lowest BCUT2D eigenvalue weighted by Gasteiger charge is -2.16. The van der Waals surface area contributed by atoms with Gasteiger partial charge in [-0.15, -0.1) is 0 Å². The van der Waals surface area contributed by atoms with Crippen molar-refractivity contribution in [1.82, 2.24) is 9.97 Å². The van der Waals surface area contributed by atoms with Gasteiger partial charge in [0.2, 0.25) is 5.95 Å². The zero-order chi connectivity index (χ0) is 18.0. The SMILES string of the molecule is COc1c(F)cc(NC(=O)c2nc(N3CCCC3)ncc2Cl)cc1F. The lowest BCUT2D eigenvalue weighted by molar-refractivity contribution is 0.102. The highest BCUT2D eigenvalue weighted by Crippen LogP contribution is 2.26. The summed E-state index contributed by atoms with van der Waals surface area (Å²) in [6.45, 7) is 1.61. The van der Waals surface area contributed by atoms with Crippen molar-refractivity contribution >= 4 is 29.1 Å². The number of aromatic nitrogens is 2. The van der Waals surface area contributed by atoms with Crippen LogP contribution in [0.15, 0.2) is 18.3 Å². The van der Waals surface area contributed by atoms with Gasteiger partial charge in [0.25, 0.3) is 5.91 Å². The Bertz CT molecular complexity index is 790. The molecule has 0 bridgehead atoms. The number of carbonyl (C=O) groups excluding carboxylic acids is 1. The predicted molar refractivity (Wildman–Crippen MR) is 89.4 cm³/mol. The van der Waals surface area contributed by atoms with E-state index in [-0.39, 0.29) is 16.4 Å². The molecular weight excluding hydrogens is 354 g/mol. The Morgan fingerprint density at radius 2 is 1.92 bits per heavy atom. The minimum absolute atomic E-state index is 0.0508. The van der Waals surface area contributed by atoms with Gasteiger partial charge in [-0.3, -0.25) is 4.79 Å². The summed E-state index contributed by atoms with van der Waals surface area (Å²) < 4.78 is 32.1. The highest BCUT2D eigenvalue weighted by molar-refractivity contribution is 6.34. The molecule has 2 aromatic rings. The molecule has 1 N–H and O–H groups in total. The molecule has 0 spiro atoms. The topological polar surface area (TPSA) is 67.3 Å². The van der Waals surface area contributed by atoms with Crippen molar-refractivity contribution < 1.29 is 18.3 Å². The molecule has 0 unspecified atom stereocenters. The van der Waals surface area contributed by atoms with Crippen LogP contribution in [0.1, 0.15) is 23.3 Å². The first-order chi connectivity index (χ1) is 12.0. The van der Waals surface area contributed by atoms with E-state index in [2.05, 4.69) is 20.0 Å². The third kappa shape index (κ3) is 3.63. The number of nitrogens with one attached hydrogen (secondary N) is 1. The third-order valence-electron chi connectivity index (χ3n) is 3.80. The number of methoxy groups -OCH3 is 1. The van der Waals surface area contributed by atoms with Crippen LogP contribution in [-0.4, -0.2) is 36.1 Å². The molecule has 0 saturated carbocycles. The Labute approximate surface area is 147 Å². The Hall–Kier alpha value is -2.48. The lowest BCUT2D eigenvalue weighted by Crippen LogP contribution is -2.23. The number of ether oxygens (including phenoxy) is 1. The van der Waals surface area contributed by atoms with Crippen molar-refractivity contribution in [3.8, 4) is 5.75 Å². The fourth-order valence-corrected chi connectivity index (χ4v) is 2.78. The number of halogens is 3. The zero-order valence-corrected chi connectivity index (χ0v) is 14.1. The maximum Gasteiger partial charge on any atom is 0.276 e. The summed E-state index contributed by atoms with van der Waals surface area (Å²) in [5.74, 6) is -2.65. The molecule has 3 rings (SSSR count). The van der Waals surface area contributed by atoms with Crippen LogP contribution in [-0.2, 0) is 0 Å². The third-order valence-corrected chi connectivity index (χ3v) is 4.07. The second-order valence-corrected chi connectivity index (χ2v) is 5.90. The zero-order valence-electron chi connectivity index (χ0n) is 13.4. The first-order valence-electron chi connectivity index (χ1n) is 7.61. The van der Waals surface area contributed by atoms with Gasteiger partial charge in [0.1, 0.15) is 0 Å². The van der Waals surface area contributed by atoms with E-state index in [1.165, 1.54) is 6.20 Å². The minimum Gasteiger partial charge on any atom is -0.491 e. The van der Waals surface area contributed by atoms with Crippen molar-refractivity contribution in [2.24, 2.45) is 0 Å². The maximum absolute atomic E-state index is 13.7. The first-order valence-corrected chi connectivity index (χ1v) is 7.99. The Kier molecular flexibility index (Phi) is 4.98. The van der Waals surface area contributed by atoms with Gasteiger partial charge < -0.3 is 15.0 Å². The standard InChI is InChI=1S/C16H15ClF2N4O2/c1-25-14-11(18)6-9(7-12(14)19)21-15(24)13-10(17)8-20-16(22-13)23-4-2-3-5-23/h6-8H,2-5H2,1H3,(H,21,24). The maximum atomic E-state index is 13.7. The van der Waals surface area contributed by atoms with Crippen LogP contribution in [0.4, 0.5) is 20.4 Å². The number of carbonyl (C=O) groups is 1. The van der Waals surface area contributed by atoms with Crippen LogP contribution in [0.5, 0.6) is 5.75 Å². The van der Waals surface area contributed by atoms with E-state index >= 15 is 0 Å². The molecule has 2 heterocycles. The molecule has 0 radical (unpaired) electrons. The van der Waals surface area contributed by atoms with Gasteiger partial charge in [-0.1, -0.05) is 11.6 Å². The lowest BCUT2D eigenvalue weighted by atomic mass is 10.2. The molecule has 1 aliphatic heterocycles. The molecule has 1 saturated heterocycles. The van der Waals surface area contributed by atoms with Gasteiger partial charge in [0.15, 0.2) is 23.1 Å². The average Bonchev–Trinajstić information content (AvgIpc) is 3.09. The summed E-state index contributed by atoms with van der Waals surface area (Å²) in [6, 6.07) is 1.91. The largest absolute Gasteiger partial charge is 0.491 e. The summed E-state index contributed by atoms with van der Waals surface area (Å²) >= 11 is 6.00. The number of hydrogen-bond donors (Lipinski definition) is 1. The quantitative estimate of drug-likeness (QED) is 0.897. The van der Waals surface area contributed by atoms with Gasteiger partial charge in [-0.2, -0.15) is 0 Å². The monoisotopic (exact) mass is 368 g/mol. The van der Waals surface area contributed by atoms with E-state index < -0.39 is 23.3 Å². The molecule has 1 aromatic carbocycles. The molecule has 1 fully saturated rings. The fourth-order valence-electron chi connectivity index (χ4n) is 2.60. The number of rotatable bonds is 4. The molecule has 0 aliphatic carbocycles. The van der Waals surface area contributed by atoms with Crippen LogP contribution in [0, 0.1) is 11.6 Å². The molecular formula is C16H15ClF2N4O2. The Morgan fingerprint density at radius 3 is 2.52 bits per heavy atom. The van der Waals surface area contributed by atoms with Gasteiger partial charge in [-0.05, 0) is 12.8 Å². The summed E-state index contributed by atoms with van der Waals surface area (Å²) in [5.41, 5.74) is -0.131. The number of hydrogen-bond acceptors (Lipinski definition) is 5. The van der Waals surface area contributed by atoms with Crippen molar-refractivity contribution in [3.05, 3.63) is 40.7 Å². The molecule has 9 heteroatoms. The van der Waals surface area contributed by atoms with E-state index in [1.54, 1.807) is 0 Å². The molecule has 6 nitrogen and oxygen atoms in total. The molecule has 1 amide bonds. The minimum atomic E-state index is -0.927. The summed E-state index contributed by atoms with van der Waals surface area (Å²) in [7, 11) is 1.15. The smallest absolute Gasteiger partial charge is 0.276 e. The second-order valence-electron chi connectivity index (χ2n) is 5.49. The van der Waals surface area contributed by atoms with Crippen LogP contribution >= 0.6 is 11.6 Å². The Morgan fingerprint density at radius 1 is 1.28 bits per heavy atom. The van der Waals surface area contributed by atoms with Crippen LogP contribution < -0.4 is 15.0 Å². The van der Waals surface area contributed by atoms with Gasteiger partial charge >= 0.3 is 0 Å². The molecule has 132 valence electrons. The fraction of sp³-hybridized carbons (Fsp3) is 0.312. The van der Waals surface area contributed by atoms with Gasteiger partial charge in [0, 0.05) is 30.9 Å². The molecule has 0 atom stereocenters. The number of nitrogens with zero attached hydrogens (tertiary/aromatic N) is 3. The van der Waals surface area contributed by atoms with E-state index in [1.807, 2.05) is 4.90 Å². The normalized spacial score (nSPS) is 13.8. The van der Waals surface area contributed by atoms with Crippen LogP contribution in [0.2, 0.25) is 5.02 Å². The highest BCUT2D eigenvalue weighted by atomic mass is 35.5. The number of anilines is 2. The van der Waals surface area contributed by atoms with Crippen molar-refractivity contribution in [3.63, 3.8) is 0 Å².